The molecular formula is C23H25ClFN3O5S. The van der Waals surface area contributed by atoms with Crippen LogP contribution >= 0.6 is 11.6 Å². The van der Waals surface area contributed by atoms with Gasteiger partial charge in [-0.25, -0.2) is 17.5 Å². The quantitative estimate of drug-likeness (QED) is 0.526. The fraction of sp³-hybridized carbons (Fsp3) is 0.391. The lowest BCUT2D eigenvalue weighted by molar-refractivity contribution is 0.0748. The molecule has 3 aromatic rings. The lowest BCUT2D eigenvalue weighted by Crippen LogP contribution is -2.63. The number of nitrogens with one attached hydrogen (secondary N) is 1. The number of amides is 1. The van der Waals surface area contributed by atoms with Crippen molar-refractivity contribution in [2.45, 2.75) is 45.2 Å². The maximum atomic E-state index is 13.3. The van der Waals surface area contributed by atoms with Gasteiger partial charge >= 0.3 is 0 Å². The third-order valence-corrected chi connectivity index (χ3v) is 7.87. The standard InChI is InChI=1S/C23H25ClFN3O5S/c1-13(25)33-16-7-5-6-15(10-16)28-19-17(20(27-28)22(2,3)30)8-14(9-18(19)24)21(29)26-23(4)11-34(31,32)12-23/h5-10,13,30H,11-12H2,1-4H3,(H,26,29). The van der Waals surface area contributed by atoms with Crippen molar-refractivity contribution in [2.75, 3.05) is 11.5 Å². The van der Waals surface area contributed by atoms with Crippen LogP contribution in [0.2, 0.25) is 5.02 Å². The monoisotopic (exact) mass is 509 g/mol. The summed E-state index contributed by atoms with van der Waals surface area (Å²) >= 11 is 6.60. The van der Waals surface area contributed by atoms with Crippen molar-refractivity contribution in [3.05, 3.63) is 52.7 Å². The summed E-state index contributed by atoms with van der Waals surface area (Å²) in [5.41, 5.74) is -0.784. The van der Waals surface area contributed by atoms with E-state index in [2.05, 4.69) is 10.4 Å². The zero-order valence-corrected chi connectivity index (χ0v) is 20.7. The number of ether oxygens (including phenoxy) is 1. The third-order valence-electron chi connectivity index (χ3n) is 5.42. The van der Waals surface area contributed by atoms with Gasteiger partial charge in [-0.1, -0.05) is 17.7 Å². The molecule has 1 atom stereocenters. The Morgan fingerprint density at radius 2 is 2.00 bits per heavy atom. The van der Waals surface area contributed by atoms with Crippen LogP contribution in [-0.4, -0.2) is 52.6 Å². The first-order valence-electron chi connectivity index (χ1n) is 10.6. The van der Waals surface area contributed by atoms with Crippen molar-refractivity contribution in [1.82, 2.24) is 15.1 Å². The van der Waals surface area contributed by atoms with Gasteiger partial charge in [0.05, 0.1) is 33.3 Å². The largest absolute Gasteiger partial charge is 0.461 e. The van der Waals surface area contributed by atoms with Crippen LogP contribution in [0, 0.1) is 0 Å². The van der Waals surface area contributed by atoms with Crippen molar-refractivity contribution in [3.8, 4) is 11.4 Å². The predicted molar refractivity (Wildman–Crippen MR) is 127 cm³/mol. The minimum absolute atomic E-state index is 0.134. The number of alkyl halides is 1. The molecule has 0 aliphatic carbocycles. The second-order valence-corrected chi connectivity index (χ2v) is 11.9. The number of benzene rings is 2. The lowest BCUT2D eigenvalue weighted by Gasteiger charge is -2.38. The van der Waals surface area contributed by atoms with Crippen molar-refractivity contribution in [1.29, 1.82) is 0 Å². The molecule has 11 heteroatoms. The second kappa shape index (κ2) is 8.21. The van der Waals surface area contributed by atoms with E-state index in [1.165, 1.54) is 17.7 Å². The third kappa shape index (κ3) is 4.75. The van der Waals surface area contributed by atoms with Crippen molar-refractivity contribution >= 4 is 38.2 Å². The van der Waals surface area contributed by atoms with E-state index in [4.69, 9.17) is 16.3 Å². The molecule has 2 N–H and O–H groups in total. The highest BCUT2D eigenvalue weighted by Crippen LogP contribution is 2.35. The Hall–Kier alpha value is -2.69. The molecule has 1 aromatic heterocycles. The summed E-state index contributed by atoms with van der Waals surface area (Å²) in [6.07, 6.45) is -1.51. The van der Waals surface area contributed by atoms with Gasteiger partial charge in [0.1, 0.15) is 17.0 Å². The maximum absolute atomic E-state index is 13.3. The lowest BCUT2D eigenvalue weighted by atomic mass is 9.99. The number of rotatable bonds is 6. The first-order chi connectivity index (χ1) is 15.7. The molecule has 1 amide bonds. The highest BCUT2D eigenvalue weighted by Gasteiger charge is 2.45. The topological polar surface area (TPSA) is 111 Å². The number of hydrogen-bond donors (Lipinski definition) is 2. The van der Waals surface area contributed by atoms with Crippen LogP contribution in [-0.2, 0) is 15.4 Å². The highest BCUT2D eigenvalue weighted by molar-refractivity contribution is 7.93. The molecule has 182 valence electrons. The molecule has 2 aromatic carbocycles. The van der Waals surface area contributed by atoms with Crippen LogP contribution in [0.4, 0.5) is 4.39 Å². The van der Waals surface area contributed by atoms with E-state index in [1.54, 1.807) is 51.1 Å². The van der Waals surface area contributed by atoms with Gasteiger partial charge in [-0.2, -0.15) is 5.10 Å². The van der Waals surface area contributed by atoms with E-state index >= 15 is 0 Å². The highest BCUT2D eigenvalue weighted by atomic mass is 35.5. The number of fused-ring (bicyclic) bond motifs is 1. The molecule has 1 saturated heterocycles. The number of halogens is 2. The molecule has 2 heterocycles. The minimum atomic E-state index is -3.15. The first kappa shape index (κ1) is 24.4. The smallest absolute Gasteiger partial charge is 0.251 e. The van der Waals surface area contributed by atoms with E-state index in [9.17, 15) is 22.7 Å². The van der Waals surface area contributed by atoms with Gasteiger partial charge in [-0.15, -0.1) is 0 Å². The Morgan fingerprint density at radius 3 is 2.59 bits per heavy atom. The van der Waals surface area contributed by atoms with Gasteiger partial charge in [0, 0.05) is 23.9 Å². The molecule has 8 nitrogen and oxygen atoms in total. The number of nitrogens with zero attached hydrogens (tertiary/aromatic N) is 2. The zero-order valence-electron chi connectivity index (χ0n) is 19.1. The van der Waals surface area contributed by atoms with Gasteiger partial charge in [0.2, 0.25) is 6.36 Å². The summed E-state index contributed by atoms with van der Waals surface area (Å²) in [6.45, 7) is 6.06. The Morgan fingerprint density at radius 1 is 1.32 bits per heavy atom. The van der Waals surface area contributed by atoms with Gasteiger partial charge in [-0.3, -0.25) is 4.79 Å². The summed E-state index contributed by atoms with van der Waals surface area (Å²) in [5, 5.41) is 18.7. The van der Waals surface area contributed by atoms with Gasteiger partial charge in [0.15, 0.2) is 9.84 Å². The van der Waals surface area contributed by atoms with E-state index < -0.39 is 33.2 Å². The molecular weight excluding hydrogens is 485 g/mol. The predicted octanol–water partition coefficient (Wildman–Crippen LogP) is 3.52. The Bertz CT molecular complexity index is 1380. The van der Waals surface area contributed by atoms with Crippen LogP contribution in [0.5, 0.6) is 5.75 Å². The molecule has 1 unspecified atom stereocenters. The normalized spacial score (nSPS) is 17.7. The fourth-order valence-corrected chi connectivity index (χ4v) is 6.49. The minimum Gasteiger partial charge on any atom is -0.461 e. The van der Waals surface area contributed by atoms with E-state index in [-0.39, 0.29) is 33.5 Å². The summed E-state index contributed by atoms with van der Waals surface area (Å²) in [5.74, 6) is -0.464. The molecule has 0 saturated carbocycles. The van der Waals surface area contributed by atoms with Gasteiger partial charge in [-0.05, 0) is 45.0 Å². The Balaban J connectivity index is 1.81. The maximum Gasteiger partial charge on any atom is 0.251 e. The number of sulfone groups is 1. The summed E-state index contributed by atoms with van der Waals surface area (Å²) in [4.78, 5) is 12.9. The molecule has 1 fully saturated rings. The Kier molecular flexibility index (Phi) is 5.90. The van der Waals surface area contributed by atoms with Gasteiger partial charge < -0.3 is 15.2 Å². The molecule has 34 heavy (non-hydrogen) atoms. The molecule has 0 spiro atoms. The van der Waals surface area contributed by atoms with Crippen molar-refractivity contribution in [3.63, 3.8) is 0 Å². The van der Waals surface area contributed by atoms with Gasteiger partial charge in [0.25, 0.3) is 5.91 Å². The molecule has 0 bridgehead atoms. The Labute approximate surface area is 201 Å². The van der Waals surface area contributed by atoms with E-state index in [1.807, 2.05) is 0 Å². The fourth-order valence-electron chi connectivity index (χ4n) is 4.19. The van der Waals surface area contributed by atoms with Crippen molar-refractivity contribution in [2.24, 2.45) is 0 Å². The molecule has 4 rings (SSSR count). The van der Waals surface area contributed by atoms with Crippen LogP contribution in [0.15, 0.2) is 36.4 Å². The summed E-state index contributed by atoms with van der Waals surface area (Å²) in [7, 11) is -3.15. The number of carbonyl (C=O) groups excluding carboxylic acids is 1. The number of hydrogen-bond acceptors (Lipinski definition) is 6. The SMILES string of the molecule is CC(F)Oc1cccc(-n2nc(C(C)(C)O)c3cc(C(=O)NC4(C)CS(=O)(=O)C4)cc(Cl)c32)c1. The van der Waals surface area contributed by atoms with E-state index in [0.717, 1.165) is 0 Å². The summed E-state index contributed by atoms with van der Waals surface area (Å²) in [6, 6.07) is 9.62. The average Bonchev–Trinajstić information content (AvgIpc) is 3.06. The second-order valence-electron chi connectivity index (χ2n) is 9.38. The van der Waals surface area contributed by atoms with E-state index in [0.29, 0.717) is 16.6 Å². The number of aliphatic hydroxyl groups is 1. The molecule has 1 aliphatic rings. The van der Waals surface area contributed by atoms with Crippen LogP contribution in [0.25, 0.3) is 16.6 Å². The number of aromatic nitrogens is 2. The van der Waals surface area contributed by atoms with Crippen molar-refractivity contribution < 1.29 is 27.4 Å². The zero-order chi connectivity index (χ0) is 25.1. The van der Waals surface area contributed by atoms with Crippen LogP contribution < -0.4 is 10.1 Å². The van der Waals surface area contributed by atoms with Crippen LogP contribution in [0.3, 0.4) is 0 Å². The first-order valence-corrected chi connectivity index (χ1v) is 12.8. The molecule has 0 radical (unpaired) electrons. The molecule has 1 aliphatic heterocycles. The number of carbonyl (C=O) groups is 1. The summed E-state index contributed by atoms with van der Waals surface area (Å²) < 4.78 is 43.1. The average molecular weight is 510 g/mol. The van der Waals surface area contributed by atoms with Crippen LogP contribution in [0.1, 0.15) is 43.7 Å².